The van der Waals surface area contributed by atoms with Crippen molar-refractivity contribution in [3.05, 3.63) is 35.9 Å². The summed E-state index contributed by atoms with van der Waals surface area (Å²) in [5, 5.41) is 0. The number of quaternary nitrogens is 1. The van der Waals surface area contributed by atoms with Crippen LogP contribution in [0.4, 0.5) is 0 Å². The van der Waals surface area contributed by atoms with E-state index in [1.807, 2.05) is 0 Å². The van der Waals surface area contributed by atoms with Gasteiger partial charge in [0.05, 0.1) is 20.6 Å². The van der Waals surface area contributed by atoms with Crippen LogP contribution in [0.2, 0.25) is 0 Å². The van der Waals surface area contributed by atoms with Crippen LogP contribution in [-0.4, -0.2) is 31.7 Å². The summed E-state index contributed by atoms with van der Waals surface area (Å²) in [7, 11) is 4.78. The fourth-order valence-corrected chi connectivity index (χ4v) is 5.14. The third kappa shape index (κ3) is 14.3. The Morgan fingerprint density at radius 3 is 1.50 bits per heavy atom. The lowest BCUT2D eigenvalue weighted by Gasteiger charge is -2.38. The minimum atomic E-state index is 0.592. The van der Waals surface area contributed by atoms with E-state index < -0.39 is 0 Å². The summed E-state index contributed by atoms with van der Waals surface area (Å²) < 4.78 is 1.06. The number of unbranched alkanes of at least 4 members (excludes halogenated alkanes) is 15. The lowest BCUT2D eigenvalue weighted by Crippen LogP contribution is -2.44. The molecule has 0 saturated carbocycles. The molecule has 1 aromatic carbocycles. The fraction of sp³-hybridized carbons (Fsp3) is 0.800. The van der Waals surface area contributed by atoms with Gasteiger partial charge in [0.25, 0.3) is 0 Å². The predicted octanol–water partition coefficient (Wildman–Crippen LogP) is 8.80. The second-order valence-electron chi connectivity index (χ2n) is 10.7. The highest BCUT2D eigenvalue weighted by molar-refractivity contribution is 5.17. The molecule has 32 heavy (non-hydrogen) atoms. The zero-order valence-electron chi connectivity index (χ0n) is 22.1. The van der Waals surface area contributed by atoms with Crippen LogP contribution in [-0.2, 0) is 0 Å². The van der Waals surface area contributed by atoms with Crippen LogP contribution in [0.1, 0.15) is 134 Å². The van der Waals surface area contributed by atoms with Gasteiger partial charge in [0.2, 0.25) is 0 Å². The molecule has 1 aromatic rings. The molecule has 1 unspecified atom stereocenters. The highest BCUT2D eigenvalue weighted by Gasteiger charge is 2.28. The second-order valence-corrected chi connectivity index (χ2v) is 10.7. The summed E-state index contributed by atoms with van der Waals surface area (Å²) in [5.41, 5.74) is 7.30. The average Bonchev–Trinajstić information content (AvgIpc) is 2.80. The van der Waals surface area contributed by atoms with Crippen molar-refractivity contribution >= 4 is 0 Å². The molecule has 0 bridgehead atoms. The third-order valence-corrected chi connectivity index (χ3v) is 7.30. The van der Waals surface area contributed by atoms with Crippen LogP contribution in [0.15, 0.2) is 30.3 Å². The van der Waals surface area contributed by atoms with E-state index in [1.54, 1.807) is 0 Å². The van der Waals surface area contributed by atoms with Crippen molar-refractivity contribution in [1.29, 1.82) is 0 Å². The SMILES string of the molecule is CCCCCCCCCCCCCCCCCCC(c1ccccc1)[N+](C)(C)CCCN. The van der Waals surface area contributed by atoms with Gasteiger partial charge < -0.3 is 10.2 Å². The zero-order chi connectivity index (χ0) is 23.3. The maximum atomic E-state index is 5.80. The molecular formula is C30H57N2+. The van der Waals surface area contributed by atoms with Crippen molar-refractivity contribution < 1.29 is 4.48 Å². The van der Waals surface area contributed by atoms with Crippen molar-refractivity contribution in [3.8, 4) is 0 Å². The number of nitrogens with zero attached hydrogens (tertiary/aromatic N) is 1. The van der Waals surface area contributed by atoms with E-state index >= 15 is 0 Å². The molecule has 1 atom stereocenters. The quantitative estimate of drug-likeness (QED) is 0.140. The van der Waals surface area contributed by atoms with Gasteiger partial charge >= 0.3 is 0 Å². The van der Waals surface area contributed by atoms with E-state index in [2.05, 4.69) is 51.4 Å². The lowest BCUT2D eigenvalue weighted by atomic mass is 9.96. The number of hydrogen-bond donors (Lipinski definition) is 1. The third-order valence-electron chi connectivity index (χ3n) is 7.30. The van der Waals surface area contributed by atoms with Gasteiger partial charge in [-0.05, 0) is 13.0 Å². The average molecular weight is 446 g/mol. The molecule has 186 valence electrons. The van der Waals surface area contributed by atoms with Crippen LogP contribution in [0.3, 0.4) is 0 Å². The summed E-state index contributed by atoms with van der Waals surface area (Å²) in [5.74, 6) is 0. The van der Waals surface area contributed by atoms with E-state index in [-0.39, 0.29) is 0 Å². The largest absolute Gasteiger partial charge is 0.330 e. The summed E-state index contributed by atoms with van der Waals surface area (Å²) in [6.07, 6.45) is 25.4. The van der Waals surface area contributed by atoms with Crippen LogP contribution >= 0.6 is 0 Å². The lowest BCUT2D eigenvalue weighted by molar-refractivity contribution is -0.921. The molecule has 0 aromatic heterocycles. The van der Waals surface area contributed by atoms with E-state index in [9.17, 15) is 0 Å². The topological polar surface area (TPSA) is 26.0 Å². The van der Waals surface area contributed by atoms with Gasteiger partial charge in [0.15, 0.2) is 0 Å². The zero-order valence-corrected chi connectivity index (χ0v) is 22.1. The number of hydrogen-bond acceptors (Lipinski definition) is 1. The molecule has 0 aliphatic carbocycles. The Morgan fingerprint density at radius 1 is 0.625 bits per heavy atom. The molecule has 2 N–H and O–H groups in total. The van der Waals surface area contributed by atoms with E-state index in [1.165, 1.54) is 115 Å². The number of benzene rings is 1. The van der Waals surface area contributed by atoms with Gasteiger partial charge in [-0.2, -0.15) is 0 Å². The first-order valence-electron chi connectivity index (χ1n) is 14.2. The van der Waals surface area contributed by atoms with E-state index in [4.69, 9.17) is 5.73 Å². The van der Waals surface area contributed by atoms with Crippen LogP contribution in [0.25, 0.3) is 0 Å². The first-order valence-corrected chi connectivity index (χ1v) is 14.2. The van der Waals surface area contributed by atoms with E-state index in [0.29, 0.717) is 6.04 Å². The normalized spacial score (nSPS) is 12.9. The van der Waals surface area contributed by atoms with Gasteiger partial charge in [-0.1, -0.05) is 134 Å². The first-order chi connectivity index (χ1) is 15.6. The summed E-state index contributed by atoms with van der Waals surface area (Å²) in [6.45, 7) is 4.25. The molecule has 2 heteroatoms. The molecule has 2 nitrogen and oxygen atoms in total. The maximum Gasteiger partial charge on any atom is 0.114 e. The highest BCUT2D eigenvalue weighted by Crippen LogP contribution is 2.31. The summed E-state index contributed by atoms with van der Waals surface area (Å²) in [4.78, 5) is 0. The monoisotopic (exact) mass is 445 g/mol. The molecule has 0 saturated heterocycles. The van der Waals surface area contributed by atoms with Gasteiger partial charge in [-0.15, -0.1) is 0 Å². The number of rotatable bonds is 22. The standard InChI is InChI=1S/C30H57N2/c1-4-5-6-7-8-9-10-11-12-13-14-15-16-17-18-22-26-30(29-24-20-19-21-25-29)32(2,3)28-23-27-31/h19-21,24-25,30H,4-18,22-23,26-28,31H2,1-3H3/q+1. The van der Waals surface area contributed by atoms with Crippen molar-refractivity contribution in [1.82, 2.24) is 0 Å². The van der Waals surface area contributed by atoms with E-state index in [0.717, 1.165) is 24.0 Å². The molecule has 0 radical (unpaired) electrons. The molecule has 0 aliphatic rings. The van der Waals surface area contributed by atoms with Gasteiger partial charge in [0, 0.05) is 18.4 Å². The van der Waals surface area contributed by atoms with Crippen molar-refractivity contribution in [2.45, 2.75) is 129 Å². The highest BCUT2D eigenvalue weighted by atomic mass is 15.3. The first kappa shape index (κ1) is 29.2. The molecule has 0 spiro atoms. The minimum Gasteiger partial charge on any atom is -0.330 e. The van der Waals surface area contributed by atoms with Crippen LogP contribution in [0.5, 0.6) is 0 Å². The van der Waals surface area contributed by atoms with Crippen LogP contribution < -0.4 is 5.73 Å². The molecule has 0 heterocycles. The summed E-state index contributed by atoms with van der Waals surface area (Å²) >= 11 is 0. The fourth-order valence-electron chi connectivity index (χ4n) is 5.14. The number of nitrogens with two attached hydrogens (primary N) is 1. The molecule has 0 aliphatic heterocycles. The Balaban J connectivity index is 2.07. The Bertz CT molecular complexity index is 511. The Hall–Kier alpha value is -0.860. The second kappa shape index (κ2) is 19.6. The smallest absolute Gasteiger partial charge is 0.114 e. The molecule has 0 amide bonds. The molecular weight excluding hydrogens is 388 g/mol. The van der Waals surface area contributed by atoms with Crippen molar-refractivity contribution in [2.24, 2.45) is 5.73 Å². The van der Waals surface area contributed by atoms with Crippen molar-refractivity contribution in [2.75, 3.05) is 27.2 Å². The maximum absolute atomic E-state index is 5.80. The van der Waals surface area contributed by atoms with Crippen LogP contribution in [0, 0.1) is 0 Å². The Morgan fingerprint density at radius 2 is 1.06 bits per heavy atom. The van der Waals surface area contributed by atoms with Gasteiger partial charge in [0.1, 0.15) is 6.04 Å². The Labute approximate surface area is 201 Å². The van der Waals surface area contributed by atoms with Gasteiger partial charge in [-0.3, -0.25) is 0 Å². The van der Waals surface area contributed by atoms with Gasteiger partial charge in [-0.25, -0.2) is 0 Å². The molecule has 0 fully saturated rings. The molecule has 1 rings (SSSR count). The minimum absolute atomic E-state index is 0.592. The van der Waals surface area contributed by atoms with Crippen molar-refractivity contribution in [3.63, 3.8) is 0 Å². The predicted molar refractivity (Wildman–Crippen MR) is 144 cm³/mol. The Kier molecular flexibility index (Phi) is 17.9. The summed E-state index contributed by atoms with van der Waals surface area (Å²) in [6, 6.07) is 11.8.